The van der Waals surface area contributed by atoms with Crippen LogP contribution in [-0.2, 0) is 13.9 Å². The molecule has 0 bridgehead atoms. The molecule has 0 saturated carbocycles. The Bertz CT molecular complexity index is 138. The maximum atomic E-state index is 9.66. The van der Waals surface area contributed by atoms with E-state index in [1.807, 2.05) is 0 Å². The molecule has 0 aliphatic rings. The third-order valence-corrected chi connectivity index (χ3v) is 0.721. The van der Waals surface area contributed by atoms with Crippen molar-refractivity contribution >= 4 is 62.7 Å². The van der Waals surface area contributed by atoms with Crippen molar-refractivity contribution in [1.82, 2.24) is 0 Å². The van der Waals surface area contributed by atoms with E-state index >= 15 is 0 Å². The summed E-state index contributed by atoms with van der Waals surface area (Å²) in [5.41, 5.74) is 0. The zero-order chi connectivity index (χ0) is 6.78. The molecule has 0 aliphatic carbocycles. The van der Waals surface area contributed by atoms with Gasteiger partial charge in [0.05, 0.1) is 0 Å². The number of rotatable bonds is 1. The summed E-state index contributed by atoms with van der Waals surface area (Å²) in [7, 11) is -5.07. The Balaban J connectivity index is 0. The first kappa shape index (κ1) is 12.8. The largest absolute Gasteiger partial charge is 2.00 e. The van der Waals surface area contributed by atoms with Crippen LogP contribution in [-0.4, -0.2) is 54.9 Å². The molecule has 7 heteroatoms. The summed E-state index contributed by atoms with van der Waals surface area (Å²) in [5.74, 6) is -1.11. The second-order valence-corrected chi connectivity index (χ2v) is 2.11. The van der Waals surface area contributed by atoms with Crippen LogP contribution in [0.15, 0.2) is 0 Å². The van der Waals surface area contributed by atoms with Crippen molar-refractivity contribution in [2.75, 3.05) is 0 Å². The van der Waals surface area contributed by atoms with Gasteiger partial charge in [0.1, 0.15) is 7.82 Å². The Morgan fingerprint density at radius 1 is 1.56 bits per heavy atom. The number of phosphoric acid groups is 1. The van der Waals surface area contributed by atoms with Crippen LogP contribution >= 0.6 is 7.82 Å². The van der Waals surface area contributed by atoms with Crippen LogP contribution in [0, 0.1) is 0 Å². The van der Waals surface area contributed by atoms with Gasteiger partial charge in [0.15, 0.2) is 0 Å². The van der Waals surface area contributed by atoms with Crippen LogP contribution in [0.5, 0.6) is 0 Å². The van der Waals surface area contributed by atoms with Crippen molar-refractivity contribution < 1.29 is 23.7 Å². The van der Waals surface area contributed by atoms with Gasteiger partial charge >= 0.3 is 54.9 Å². The van der Waals surface area contributed by atoms with Gasteiger partial charge in [0.25, 0.3) is 0 Å². The van der Waals surface area contributed by atoms with Crippen LogP contribution in [0.25, 0.3) is 0 Å². The van der Waals surface area contributed by atoms with Crippen molar-refractivity contribution in [3.8, 4) is 0 Å². The Morgan fingerprint density at radius 3 is 1.89 bits per heavy atom. The maximum absolute atomic E-state index is 9.66. The van der Waals surface area contributed by atoms with E-state index in [1.54, 1.807) is 0 Å². The van der Waals surface area contributed by atoms with Gasteiger partial charge in [-0.25, -0.2) is 0 Å². The Kier molecular flexibility index (Phi) is 7.02. The minimum atomic E-state index is -5.07. The fraction of sp³-hybridized carbons (Fsp3) is 0.500. The van der Waals surface area contributed by atoms with Crippen LogP contribution in [0.2, 0.25) is 0 Å². The molecule has 0 aliphatic heterocycles. The van der Waals surface area contributed by atoms with Gasteiger partial charge in [-0.05, 0) is 0 Å². The van der Waals surface area contributed by atoms with E-state index in [2.05, 4.69) is 4.52 Å². The minimum Gasteiger partial charge on any atom is -0.780 e. The molecule has 0 heterocycles. The molecule has 0 atom stereocenters. The smallest absolute Gasteiger partial charge is 0.780 e. The quantitative estimate of drug-likeness (QED) is 0.408. The third kappa shape index (κ3) is 12.4. The van der Waals surface area contributed by atoms with Crippen LogP contribution in [0.4, 0.5) is 0 Å². The molecule has 9 heavy (non-hydrogen) atoms. The summed E-state index contributed by atoms with van der Waals surface area (Å²) in [5, 5.41) is 0. The molecule has 0 aromatic rings. The van der Waals surface area contributed by atoms with Crippen molar-refractivity contribution in [2.24, 2.45) is 0 Å². The van der Waals surface area contributed by atoms with E-state index < -0.39 is 13.8 Å². The van der Waals surface area contributed by atoms with Crippen LogP contribution in [0.1, 0.15) is 6.92 Å². The predicted octanol–water partition coefficient (Wildman–Crippen LogP) is -2.00. The topological polar surface area (TPSA) is 89.5 Å². The molecular formula is C2H3BaO5P. The van der Waals surface area contributed by atoms with Crippen molar-refractivity contribution in [1.29, 1.82) is 0 Å². The van der Waals surface area contributed by atoms with Gasteiger partial charge in [-0.2, -0.15) is 0 Å². The summed E-state index contributed by atoms with van der Waals surface area (Å²) in [6, 6.07) is 0. The molecular weight excluding hydrogens is 272 g/mol. The van der Waals surface area contributed by atoms with Gasteiger partial charge in [-0.1, -0.05) is 0 Å². The number of carbonyl (C=O) groups excluding carboxylic acids is 1. The van der Waals surface area contributed by atoms with Gasteiger partial charge in [0.2, 0.25) is 0 Å². The fourth-order valence-corrected chi connectivity index (χ4v) is 0.472. The van der Waals surface area contributed by atoms with Gasteiger partial charge < -0.3 is 18.9 Å². The van der Waals surface area contributed by atoms with Crippen molar-refractivity contribution in [3.63, 3.8) is 0 Å². The molecule has 0 unspecified atom stereocenters. The van der Waals surface area contributed by atoms with E-state index in [0.717, 1.165) is 6.92 Å². The summed E-state index contributed by atoms with van der Waals surface area (Å²) in [6.07, 6.45) is 0. The molecule has 0 amide bonds. The van der Waals surface area contributed by atoms with Gasteiger partial charge in [-0.15, -0.1) is 0 Å². The first-order valence-electron chi connectivity index (χ1n) is 1.64. The summed E-state index contributed by atoms with van der Waals surface area (Å²) in [6.45, 7) is 0.836. The third-order valence-electron chi connectivity index (χ3n) is 0.240. The average molecular weight is 275 g/mol. The molecule has 0 radical (unpaired) electrons. The van der Waals surface area contributed by atoms with E-state index in [4.69, 9.17) is 0 Å². The normalized spacial score (nSPS) is 9.67. The molecule has 0 aromatic carbocycles. The monoisotopic (exact) mass is 276 g/mol. The number of hydrogen-bond acceptors (Lipinski definition) is 5. The fourth-order valence-electron chi connectivity index (χ4n) is 0.157. The minimum absolute atomic E-state index is 0. The number of hydrogen-bond donors (Lipinski definition) is 0. The molecule has 0 saturated heterocycles. The second-order valence-electron chi connectivity index (χ2n) is 1.03. The van der Waals surface area contributed by atoms with Crippen LogP contribution < -0.4 is 9.79 Å². The summed E-state index contributed by atoms with van der Waals surface area (Å²) >= 11 is 0. The maximum Gasteiger partial charge on any atom is 2.00 e. The summed E-state index contributed by atoms with van der Waals surface area (Å²) < 4.78 is 12.7. The van der Waals surface area contributed by atoms with Crippen molar-refractivity contribution in [2.45, 2.75) is 6.92 Å². The molecule has 0 fully saturated rings. The Morgan fingerprint density at radius 2 is 1.89 bits per heavy atom. The SMILES string of the molecule is CC(=O)OP(=O)([O-])[O-].[Ba+2]. The molecule has 0 spiro atoms. The van der Waals surface area contributed by atoms with E-state index in [-0.39, 0.29) is 48.9 Å². The van der Waals surface area contributed by atoms with E-state index in [1.165, 1.54) is 0 Å². The Hall–Kier alpha value is 1.19. The van der Waals surface area contributed by atoms with E-state index in [0.29, 0.717) is 0 Å². The Labute approximate surface area is 92.1 Å². The van der Waals surface area contributed by atoms with Gasteiger partial charge in [0, 0.05) is 6.92 Å². The number of phosphoric ester groups is 1. The first-order valence-corrected chi connectivity index (χ1v) is 3.10. The second kappa shape index (κ2) is 4.92. The molecule has 0 rings (SSSR count). The predicted molar refractivity (Wildman–Crippen MR) is 25.1 cm³/mol. The number of carbonyl (C=O) groups is 1. The standard InChI is InChI=1S/C2H5O5P.Ba/c1-2(3)7-8(4,5)6;/h1H3,(H2,4,5,6);/q;+2/p-2. The average Bonchev–Trinajstić information content (AvgIpc) is 1.21. The zero-order valence-corrected chi connectivity index (χ0v) is 10.0. The molecule has 48 valence electrons. The van der Waals surface area contributed by atoms with Crippen molar-refractivity contribution in [3.05, 3.63) is 0 Å². The molecule has 5 nitrogen and oxygen atoms in total. The summed E-state index contributed by atoms with van der Waals surface area (Å²) in [4.78, 5) is 28.6. The zero-order valence-electron chi connectivity index (χ0n) is 4.70. The van der Waals surface area contributed by atoms with Crippen LogP contribution in [0.3, 0.4) is 0 Å². The van der Waals surface area contributed by atoms with E-state index in [9.17, 15) is 19.1 Å². The molecule has 0 aromatic heterocycles. The van der Waals surface area contributed by atoms with Gasteiger partial charge in [-0.3, -0.25) is 4.79 Å². The molecule has 0 N–H and O–H groups in total. The first-order chi connectivity index (χ1) is 3.42.